The molecule has 6 heteroatoms. The van der Waals surface area contributed by atoms with Gasteiger partial charge in [-0.2, -0.15) is 8.42 Å². The van der Waals surface area contributed by atoms with Gasteiger partial charge in [0.1, 0.15) is 0 Å². The highest BCUT2D eigenvalue weighted by molar-refractivity contribution is 8.13. The zero-order valence-corrected chi connectivity index (χ0v) is 5.95. The van der Waals surface area contributed by atoms with Crippen molar-refractivity contribution in [1.82, 2.24) is 5.32 Å². The Bertz CT molecular complexity index is 211. The Balaban J connectivity index is 2.68. The molecule has 0 saturated heterocycles. The van der Waals surface area contributed by atoms with Crippen LogP contribution in [0.5, 0.6) is 0 Å². The second kappa shape index (κ2) is 2.20. The van der Waals surface area contributed by atoms with Crippen molar-refractivity contribution >= 4 is 21.9 Å². The third-order valence-electron chi connectivity index (χ3n) is 0.773. The molecule has 1 rings (SSSR count). The molecule has 0 spiro atoms. The highest BCUT2D eigenvalue weighted by atomic mass is 32.3. The Morgan fingerprint density at radius 3 is 2.56 bits per heavy atom. The Morgan fingerprint density at radius 1 is 1.67 bits per heavy atom. The Hall–Kier alpha value is -0.200. The first-order valence-corrected chi connectivity index (χ1v) is 4.58. The molecule has 0 saturated carbocycles. The van der Waals surface area contributed by atoms with Crippen LogP contribution in [0.1, 0.15) is 0 Å². The highest BCUT2D eigenvalue weighted by Crippen LogP contribution is 2.18. The van der Waals surface area contributed by atoms with Crippen LogP contribution >= 0.6 is 11.8 Å². The molecular formula is C3H5NO3S2. The smallest absolute Gasteiger partial charge is 0.296 e. The molecule has 0 amide bonds. The molecular weight excluding hydrogens is 162 g/mol. The topological polar surface area (TPSA) is 66.4 Å². The molecule has 1 atom stereocenters. The molecule has 0 radical (unpaired) electrons. The molecule has 0 bridgehead atoms. The van der Waals surface area contributed by atoms with Gasteiger partial charge in [-0.1, -0.05) is 11.8 Å². The molecule has 4 nitrogen and oxygen atoms in total. The van der Waals surface area contributed by atoms with E-state index in [-0.39, 0.29) is 0 Å². The van der Waals surface area contributed by atoms with Gasteiger partial charge >= 0.3 is 0 Å². The second-order valence-corrected chi connectivity index (χ2v) is 4.27. The minimum Gasteiger partial charge on any atom is -0.364 e. The van der Waals surface area contributed by atoms with Crippen molar-refractivity contribution in [2.45, 2.75) is 4.71 Å². The Labute approximate surface area is 57.1 Å². The van der Waals surface area contributed by atoms with Crippen LogP contribution in [0.2, 0.25) is 0 Å². The van der Waals surface area contributed by atoms with Crippen LogP contribution in [0.3, 0.4) is 0 Å². The van der Waals surface area contributed by atoms with E-state index in [1.165, 1.54) is 6.20 Å². The van der Waals surface area contributed by atoms with Gasteiger partial charge in [-0.05, 0) is 5.41 Å². The van der Waals surface area contributed by atoms with E-state index in [1.807, 2.05) is 0 Å². The predicted molar refractivity (Wildman–Crippen MR) is 35.2 cm³/mol. The van der Waals surface area contributed by atoms with E-state index in [4.69, 9.17) is 4.55 Å². The highest BCUT2D eigenvalue weighted by Gasteiger charge is 2.23. The predicted octanol–water partition coefficient (Wildman–Crippen LogP) is -0.0346. The van der Waals surface area contributed by atoms with Crippen molar-refractivity contribution in [3.63, 3.8) is 0 Å². The summed E-state index contributed by atoms with van der Waals surface area (Å²) in [7, 11) is -3.91. The van der Waals surface area contributed by atoms with E-state index in [2.05, 4.69) is 5.32 Å². The molecule has 2 N–H and O–H groups in total. The van der Waals surface area contributed by atoms with Crippen molar-refractivity contribution in [3.8, 4) is 0 Å². The van der Waals surface area contributed by atoms with Gasteiger partial charge in [-0.25, -0.2) is 0 Å². The minimum absolute atomic E-state index is 0.905. The molecule has 0 aromatic rings. The SMILES string of the molecule is O=S(=O)(O)C1NC=CS1. The summed E-state index contributed by atoms with van der Waals surface area (Å²) in [4.78, 5) is 0. The normalized spacial score (nSPS) is 26.1. The van der Waals surface area contributed by atoms with Gasteiger partial charge < -0.3 is 5.32 Å². The summed E-state index contributed by atoms with van der Waals surface area (Å²) >= 11 is 1.02. The fourth-order valence-corrected chi connectivity index (χ4v) is 1.89. The van der Waals surface area contributed by atoms with E-state index in [9.17, 15) is 8.42 Å². The maximum atomic E-state index is 10.3. The molecule has 9 heavy (non-hydrogen) atoms. The first-order chi connectivity index (χ1) is 4.11. The fraction of sp³-hybridized carbons (Fsp3) is 0.333. The van der Waals surface area contributed by atoms with Crippen molar-refractivity contribution in [2.75, 3.05) is 0 Å². The van der Waals surface area contributed by atoms with Crippen LogP contribution in [-0.4, -0.2) is 17.7 Å². The van der Waals surface area contributed by atoms with Crippen molar-refractivity contribution in [1.29, 1.82) is 0 Å². The van der Waals surface area contributed by atoms with E-state index in [0.29, 0.717) is 0 Å². The third kappa shape index (κ3) is 1.60. The number of hydrogen-bond acceptors (Lipinski definition) is 4. The summed E-state index contributed by atoms with van der Waals surface area (Å²) < 4.78 is 28.0. The van der Waals surface area contributed by atoms with Crippen LogP contribution in [-0.2, 0) is 10.1 Å². The minimum atomic E-state index is -3.91. The zero-order chi connectivity index (χ0) is 6.91. The van der Waals surface area contributed by atoms with Gasteiger partial charge in [-0.3, -0.25) is 4.55 Å². The summed E-state index contributed by atoms with van der Waals surface area (Å²) in [5.41, 5.74) is 0. The summed E-state index contributed by atoms with van der Waals surface area (Å²) in [6, 6.07) is 0. The maximum absolute atomic E-state index is 10.3. The lowest BCUT2D eigenvalue weighted by Crippen LogP contribution is -2.25. The molecule has 1 aliphatic heterocycles. The van der Waals surface area contributed by atoms with Gasteiger partial charge in [0, 0.05) is 6.20 Å². The number of nitrogens with one attached hydrogen (secondary N) is 1. The largest absolute Gasteiger partial charge is 0.364 e. The average Bonchev–Trinajstić information content (AvgIpc) is 2.08. The maximum Gasteiger partial charge on any atom is 0.296 e. The van der Waals surface area contributed by atoms with Gasteiger partial charge in [0.15, 0.2) is 0 Å². The molecule has 0 aromatic carbocycles. The Morgan fingerprint density at radius 2 is 2.33 bits per heavy atom. The molecule has 1 aliphatic rings. The summed E-state index contributed by atoms with van der Waals surface area (Å²) in [6.45, 7) is 0. The molecule has 0 aliphatic carbocycles. The molecule has 1 unspecified atom stereocenters. The van der Waals surface area contributed by atoms with Crippen molar-refractivity contribution < 1.29 is 13.0 Å². The fourth-order valence-electron chi connectivity index (χ4n) is 0.424. The van der Waals surface area contributed by atoms with E-state index in [0.717, 1.165) is 11.8 Å². The van der Waals surface area contributed by atoms with Crippen LogP contribution in [0.15, 0.2) is 11.6 Å². The standard InChI is InChI=1S/C3H5NO3S2/c5-9(6,7)3-4-1-2-8-3/h1-4H,(H,5,6,7). The monoisotopic (exact) mass is 167 g/mol. The quantitative estimate of drug-likeness (QED) is 0.537. The summed E-state index contributed by atoms with van der Waals surface area (Å²) in [5, 5.41) is 4.01. The van der Waals surface area contributed by atoms with Crippen LogP contribution in [0.4, 0.5) is 0 Å². The Kier molecular flexibility index (Phi) is 1.69. The molecule has 0 fully saturated rings. The average molecular weight is 167 g/mol. The lowest BCUT2D eigenvalue weighted by Gasteiger charge is -2.03. The van der Waals surface area contributed by atoms with Crippen molar-refractivity contribution in [2.24, 2.45) is 0 Å². The lowest BCUT2D eigenvalue weighted by molar-refractivity contribution is 0.477. The second-order valence-electron chi connectivity index (χ2n) is 1.45. The van der Waals surface area contributed by atoms with E-state index < -0.39 is 14.8 Å². The van der Waals surface area contributed by atoms with Crippen LogP contribution < -0.4 is 5.32 Å². The van der Waals surface area contributed by atoms with Crippen molar-refractivity contribution in [3.05, 3.63) is 11.6 Å². The lowest BCUT2D eigenvalue weighted by atomic mass is 11.0. The van der Waals surface area contributed by atoms with Gasteiger partial charge in [0.25, 0.3) is 10.1 Å². The number of rotatable bonds is 1. The zero-order valence-electron chi connectivity index (χ0n) is 4.31. The van der Waals surface area contributed by atoms with E-state index >= 15 is 0 Å². The van der Waals surface area contributed by atoms with Gasteiger partial charge in [0.05, 0.1) is 0 Å². The van der Waals surface area contributed by atoms with Gasteiger partial charge in [0.2, 0.25) is 4.71 Å². The first kappa shape index (κ1) is 6.91. The van der Waals surface area contributed by atoms with Crippen LogP contribution in [0.25, 0.3) is 0 Å². The molecule has 1 heterocycles. The number of hydrogen-bond donors (Lipinski definition) is 2. The summed E-state index contributed by atoms with van der Waals surface area (Å²) in [6.07, 6.45) is 1.48. The summed E-state index contributed by atoms with van der Waals surface area (Å²) in [5.74, 6) is 0. The third-order valence-corrected chi connectivity index (χ3v) is 3.19. The van der Waals surface area contributed by atoms with Gasteiger partial charge in [-0.15, -0.1) is 0 Å². The molecule has 0 aromatic heterocycles. The first-order valence-electron chi connectivity index (χ1n) is 2.13. The number of thioether (sulfide) groups is 1. The molecule has 52 valence electrons. The van der Waals surface area contributed by atoms with Crippen LogP contribution in [0, 0.1) is 0 Å². The van der Waals surface area contributed by atoms with E-state index in [1.54, 1.807) is 5.41 Å².